The van der Waals surface area contributed by atoms with Gasteiger partial charge in [0.25, 0.3) is 5.91 Å². The smallest absolute Gasteiger partial charge is 0.305 e. The lowest BCUT2D eigenvalue weighted by molar-refractivity contribution is -0.137. The number of hydrogen-bond acceptors (Lipinski definition) is 6. The number of benzene rings is 2. The second-order valence-electron chi connectivity index (χ2n) is 8.32. The molecule has 190 valence electrons. The van der Waals surface area contributed by atoms with Gasteiger partial charge >= 0.3 is 5.97 Å². The van der Waals surface area contributed by atoms with Gasteiger partial charge in [0.1, 0.15) is 5.75 Å². The highest BCUT2D eigenvalue weighted by atomic mass is 16.5. The van der Waals surface area contributed by atoms with Gasteiger partial charge in [-0.15, -0.1) is 0 Å². The van der Waals surface area contributed by atoms with Crippen LogP contribution in [0.2, 0.25) is 0 Å². The molecule has 8 heteroatoms. The molecule has 2 aromatic carbocycles. The molecule has 35 heavy (non-hydrogen) atoms. The summed E-state index contributed by atoms with van der Waals surface area (Å²) in [6.07, 6.45) is 4.43. The van der Waals surface area contributed by atoms with Crippen molar-refractivity contribution in [2.24, 2.45) is 0 Å². The van der Waals surface area contributed by atoms with Crippen molar-refractivity contribution in [3.8, 4) is 23.0 Å². The molecular weight excluding hydrogens is 450 g/mol. The van der Waals surface area contributed by atoms with E-state index in [1.165, 1.54) is 12.8 Å². The van der Waals surface area contributed by atoms with E-state index >= 15 is 0 Å². The Bertz CT molecular complexity index is 957. The van der Waals surface area contributed by atoms with Crippen molar-refractivity contribution in [3.05, 3.63) is 47.5 Å². The summed E-state index contributed by atoms with van der Waals surface area (Å²) in [7, 11) is 0. The van der Waals surface area contributed by atoms with Crippen LogP contribution < -0.4 is 24.3 Å². The van der Waals surface area contributed by atoms with Gasteiger partial charge in [-0.25, -0.2) is 0 Å². The van der Waals surface area contributed by atoms with Gasteiger partial charge in [0.15, 0.2) is 11.5 Å². The standard InChI is InChI=1S/C27H35NO7/c1-4-32-23-15-19(16-24(33-5-2)26(23)34-6-3)27(31)28-22(17-25(29)30)18-11-13-21(14-12-18)35-20-9-7-8-10-20/h11-16,20,22H,4-10,17H2,1-3H3,(H,28,31)(H,29,30)/t22-/m1/s1. The van der Waals surface area contributed by atoms with Crippen molar-refractivity contribution < 1.29 is 33.6 Å². The number of carbonyl (C=O) groups excluding carboxylic acids is 1. The molecule has 2 N–H and O–H groups in total. The highest BCUT2D eigenvalue weighted by Crippen LogP contribution is 2.39. The Morgan fingerprint density at radius 1 is 0.943 bits per heavy atom. The van der Waals surface area contributed by atoms with E-state index in [-0.39, 0.29) is 18.1 Å². The highest BCUT2D eigenvalue weighted by molar-refractivity contribution is 5.96. The summed E-state index contributed by atoms with van der Waals surface area (Å²) in [6, 6.07) is 9.70. The highest BCUT2D eigenvalue weighted by Gasteiger charge is 2.23. The largest absolute Gasteiger partial charge is 0.490 e. The van der Waals surface area contributed by atoms with Crippen LogP contribution in [0.5, 0.6) is 23.0 Å². The molecular formula is C27H35NO7. The van der Waals surface area contributed by atoms with Crippen LogP contribution in [0.1, 0.15) is 74.8 Å². The van der Waals surface area contributed by atoms with Crippen LogP contribution in [-0.2, 0) is 4.79 Å². The summed E-state index contributed by atoms with van der Waals surface area (Å²) in [5, 5.41) is 12.3. The molecule has 0 saturated heterocycles. The van der Waals surface area contributed by atoms with E-state index in [1.54, 1.807) is 24.3 Å². The molecule has 3 rings (SSSR count). The van der Waals surface area contributed by atoms with E-state index in [1.807, 2.05) is 32.9 Å². The number of hydrogen-bond donors (Lipinski definition) is 2. The quantitative estimate of drug-likeness (QED) is 0.404. The van der Waals surface area contributed by atoms with Gasteiger partial charge in [-0.05, 0) is 76.3 Å². The van der Waals surface area contributed by atoms with Crippen LogP contribution in [0.4, 0.5) is 0 Å². The summed E-state index contributed by atoms with van der Waals surface area (Å²) >= 11 is 0. The van der Waals surface area contributed by atoms with Crippen molar-refractivity contribution in [1.29, 1.82) is 0 Å². The Balaban J connectivity index is 1.82. The minimum absolute atomic E-state index is 0.231. The molecule has 1 fully saturated rings. The zero-order valence-electron chi connectivity index (χ0n) is 20.7. The summed E-state index contributed by atoms with van der Waals surface area (Å²) in [5.74, 6) is 0.524. The van der Waals surface area contributed by atoms with Crippen molar-refractivity contribution in [3.63, 3.8) is 0 Å². The first-order chi connectivity index (χ1) is 16.9. The molecule has 0 radical (unpaired) electrons. The monoisotopic (exact) mass is 485 g/mol. The van der Waals surface area contributed by atoms with E-state index in [9.17, 15) is 14.7 Å². The minimum Gasteiger partial charge on any atom is -0.490 e. The number of nitrogens with one attached hydrogen (secondary N) is 1. The van der Waals surface area contributed by atoms with Crippen LogP contribution in [-0.4, -0.2) is 42.9 Å². The van der Waals surface area contributed by atoms with Crippen LogP contribution in [0.3, 0.4) is 0 Å². The predicted molar refractivity (Wildman–Crippen MR) is 132 cm³/mol. The summed E-state index contributed by atoms with van der Waals surface area (Å²) < 4.78 is 23.1. The first kappa shape index (κ1) is 26.2. The normalized spacial score (nSPS) is 14.3. The molecule has 0 aliphatic heterocycles. The fourth-order valence-electron chi connectivity index (χ4n) is 4.17. The molecule has 1 saturated carbocycles. The summed E-state index contributed by atoms with van der Waals surface area (Å²) in [6.45, 7) is 6.71. The molecule has 1 aliphatic rings. The molecule has 2 aromatic rings. The molecule has 0 aromatic heterocycles. The third-order valence-corrected chi connectivity index (χ3v) is 5.74. The van der Waals surface area contributed by atoms with Gasteiger partial charge < -0.3 is 29.4 Å². The lowest BCUT2D eigenvalue weighted by Crippen LogP contribution is -2.30. The Labute approximate surface area is 206 Å². The molecule has 0 spiro atoms. The number of carbonyl (C=O) groups is 2. The fraction of sp³-hybridized carbons (Fsp3) is 0.481. The zero-order valence-corrected chi connectivity index (χ0v) is 20.7. The molecule has 1 amide bonds. The lowest BCUT2D eigenvalue weighted by atomic mass is 10.0. The molecule has 0 bridgehead atoms. The first-order valence-corrected chi connectivity index (χ1v) is 12.3. The maximum absolute atomic E-state index is 13.2. The van der Waals surface area contributed by atoms with Gasteiger partial charge in [0.2, 0.25) is 5.75 Å². The maximum Gasteiger partial charge on any atom is 0.305 e. The second-order valence-corrected chi connectivity index (χ2v) is 8.32. The number of rotatable bonds is 13. The third kappa shape index (κ3) is 7.28. The fourth-order valence-corrected chi connectivity index (χ4v) is 4.17. The van der Waals surface area contributed by atoms with Crippen LogP contribution in [0, 0.1) is 0 Å². The van der Waals surface area contributed by atoms with Crippen molar-refractivity contribution >= 4 is 11.9 Å². The van der Waals surface area contributed by atoms with Crippen molar-refractivity contribution in [2.75, 3.05) is 19.8 Å². The van der Waals surface area contributed by atoms with Gasteiger partial charge in [-0.3, -0.25) is 9.59 Å². The molecule has 8 nitrogen and oxygen atoms in total. The third-order valence-electron chi connectivity index (χ3n) is 5.74. The van der Waals surface area contributed by atoms with Crippen LogP contribution in [0.15, 0.2) is 36.4 Å². The average molecular weight is 486 g/mol. The number of carboxylic acid groups (broad SMARTS) is 1. The predicted octanol–water partition coefficient (Wildman–Crippen LogP) is 5.15. The zero-order chi connectivity index (χ0) is 25.2. The maximum atomic E-state index is 13.2. The van der Waals surface area contributed by atoms with E-state index in [0.717, 1.165) is 18.6 Å². The van der Waals surface area contributed by atoms with E-state index < -0.39 is 17.9 Å². The van der Waals surface area contributed by atoms with Gasteiger partial charge in [-0.2, -0.15) is 0 Å². The molecule has 0 heterocycles. The summed E-state index contributed by atoms with van der Waals surface area (Å²) in [4.78, 5) is 24.8. The average Bonchev–Trinajstić information content (AvgIpc) is 3.34. The lowest BCUT2D eigenvalue weighted by Gasteiger charge is -2.20. The topological polar surface area (TPSA) is 103 Å². The van der Waals surface area contributed by atoms with Gasteiger partial charge in [-0.1, -0.05) is 12.1 Å². The van der Waals surface area contributed by atoms with Crippen molar-refractivity contribution in [2.45, 2.75) is 65.0 Å². The Hall–Kier alpha value is -3.42. The number of ether oxygens (including phenoxy) is 4. The molecule has 1 aliphatic carbocycles. The van der Waals surface area contributed by atoms with Crippen molar-refractivity contribution in [1.82, 2.24) is 5.32 Å². The van der Waals surface area contributed by atoms with Gasteiger partial charge in [0, 0.05) is 5.56 Å². The van der Waals surface area contributed by atoms with Gasteiger partial charge in [0.05, 0.1) is 38.4 Å². The van der Waals surface area contributed by atoms with E-state index in [4.69, 9.17) is 18.9 Å². The van der Waals surface area contributed by atoms with Crippen LogP contribution in [0.25, 0.3) is 0 Å². The number of amides is 1. The Kier molecular flexibility index (Phi) is 9.64. The SMILES string of the molecule is CCOc1cc(C(=O)N[C@H](CC(=O)O)c2ccc(OC3CCCC3)cc2)cc(OCC)c1OCC. The van der Waals surface area contributed by atoms with Crippen LogP contribution >= 0.6 is 0 Å². The Morgan fingerprint density at radius 3 is 2.03 bits per heavy atom. The number of aliphatic carboxylic acids is 1. The summed E-state index contributed by atoms with van der Waals surface area (Å²) in [5.41, 5.74) is 0.970. The second kappa shape index (κ2) is 12.9. The molecule has 0 unspecified atom stereocenters. The minimum atomic E-state index is -1.02. The molecule has 1 atom stereocenters. The van der Waals surface area contributed by atoms with E-state index in [2.05, 4.69) is 5.32 Å². The van der Waals surface area contributed by atoms with E-state index in [0.29, 0.717) is 42.6 Å². The number of carboxylic acids is 1. The Morgan fingerprint density at radius 2 is 1.51 bits per heavy atom. The first-order valence-electron chi connectivity index (χ1n) is 12.3.